The molecule has 0 amide bonds. The van der Waals surface area contributed by atoms with Gasteiger partial charge in [-0.3, -0.25) is 0 Å². The fourth-order valence-corrected chi connectivity index (χ4v) is 2.21. The molecule has 0 saturated carbocycles. The molecule has 0 bridgehead atoms. The van der Waals surface area contributed by atoms with Crippen LogP contribution < -0.4 is 10.1 Å². The molecule has 2 N–H and O–H groups in total. The fraction of sp³-hybridized carbons (Fsp3) is 0.571. The maximum absolute atomic E-state index is 8.92. The van der Waals surface area contributed by atoms with Gasteiger partial charge in [-0.2, -0.15) is 0 Å². The Morgan fingerprint density at radius 2 is 2.12 bits per heavy atom. The molecule has 1 aliphatic rings. The summed E-state index contributed by atoms with van der Waals surface area (Å²) in [6.45, 7) is 2.04. The van der Waals surface area contributed by atoms with Gasteiger partial charge in [-0.1, -0.05) is 12.1 Å². The number of aliphatic hydroxyl groups excluding tert-OH is 1. The molecule has 1 aromatic carbocycles. The summed E-state index contributed by atoms with van der Waals surface area (Å²) < 4.78 is 5.66. The maximum Gasteiger partial charge on any atom is 0.119 e. The predicted octanol–water partition coefficient (Wildman–Crippen LogP) is 2.09. The van der Waals surface area contributed by atoms with E-state index in [4.69, 9.17) is 9.84 Å². The lowest BCUT2D eigenvalue weighted by Crippen LogP contribution is -2.21. The molecule has 1 unspecified atom stereocenters. The Morgan fingerprint density at radius 3 is 2.76 bits per heavy atom. The normalized spacial score (nSPS) is 19.5. The molecule has 2 rings (SSSR count). The zero-order valence-corrected chi connectivity index (χ0v) is 10.2. The maximum atomic E-state index is 8.92. The van der Waals surface area contributed by atoms with Gasteiger partial charge in [0.05, 0.1) is 13.2 Å². The summed E-state index contributed by atoms with van der Waals surface area (Å²) in [6, 6.07) is 8.33. The minimum atomic E-state index is 0.0909. The average molecular weight is 235 g/mol. The molecule has 0 spiro atoms. The molecule has 1 heterocycles. The summed E-state index contributed by atoms with van der Waals surface area (Å²) in [5.41, 5.74) is 0.924. The molecule has 1 saturated heterocycles. The third-order valence-corrected chi connectivity index (χ3v) is 3.23. The van der Waals surface area contributed by atoms with Gasteiger partial charge in [-0.25, -0.2) is 0 Å². The second kappa shape index (κ2) is 6.62. The van der Waals surface area contributed by atoms with Gasteiger partial charge in [0, 0.05) is 6.04 Å². The zero-order chi connectivity index (χ0) is 11.9. The summed E-state index contributed by atoms with van der Waals surface area (Å²) in [7, 11) is 0. The SMILES string of the molecule is OCc1ccc(OCCCC2CCCN2)cc1. The third-order valence-electron chi connectivity index (χ3n) is 3.23. The molecule has 1 atom stereocenters. The van der Waals surface area contributed by atoms with Gasteiger partial charge in [-0.15, -0.1) is 0 Å². The van der Waals surface area contributed by atoms with Crippen LogP contribution in [0.4, 0.5) is 0 Å². The van der Waals surface area contributed by atoms with E-state index in [1.807, 2.05) is 24.3 Å². The van der Waals surface area contributed by atoms with E-state index in [-0.39, 0.29) is 6.61 Å². The first-order valence-electron chi connectivity index (χ1n) is 6.44. The van der Waals surface area contributed by atoms with E-state index in [1.54, 1.807) is 0 Å². The number of hydrogen-bond acceptors (Lipinski definition) is 3. The highest BCUT2D eigenvalue weighted by molar-refractivity contribution is 5.26. The summed E-state index contributed by atoms with van der Waals surface area (Å²) in [6.07, 6.45) is 4.92. The zero-order valence-electron chi connectivity index (χ0n) is 10.2. The van der Waals surface area contributed by atoms with Gasteiger partial charge in [-0.05, 0) is 49.9 Å². The van der Waals surface area contributed by atoms with Crippen molar-refractivity contribution in [2.75, 3.05) is 13.2 Å². The van der Waals surface area contributed by atoms with E-state index >= 15 is 0 Å². The predicted molar refractivity (Wildman–Crippen MR) is 68.1 cm³/mol. The second-order valence-electron chi connectivity index (χ2n) is 4.59. The van der Waals surface area contributed by atoms with Gasteiger partial charge in [0.15, 0.2) is 0 Å². The molecular weight excluding hydrogens is 214 g/mol. The van der Waals surface area contributed by atoms with Crippen molar-refractivity contribution in [3.8, 4) is 5.75 Å². The Hall–Kier alpha value is -1.06. The Bertz CT molecular complexity index is 317. The average Bonchev–Trinajstić information content (AvgIpc) is 2.88. The largest absolute Gasteiger partial charge is 0.494 e. The first kappa shape index (κ1) is 12.4. The summed E-state index contributed by atoms with van der Waals surface area (Å²) in [4.78, 5) is 0. The minimum Gasteiger partial charge on any atom is -0.494 e. The summed E-state index contributed by atoms with van der Waals surface area (Å²) in [5, 5.41) is 12.4. The Kier molecular flexibility index (Phi) is 4.83. The van der Waals surface area contributed by atoms with Gasteiger partial charge in [0.1, 0.15) is 5.75 Å². The van der Waals surface area contributed by atoms with E-state index in [1.165, 1.54) is 25.8 Å². The lowest BCUT2D eigenvalue weighted by molar-refractivity contribution is 0.280. The Labute approximate surface area is 103 Å². The van der Waals surface area contributed by atoms with Crippen molar-refractivity contribution >= 4 is 0 Å². The minimum absolute atomic E-state index is 0.0909. The number of rotatable bonds is 6. The number of benzene rings is 1. The summed E-state index contributed by atoms with van der Waals surface area (Å²) in [5.74, 6) is 0.890. The van der Waals surface area contributed by atoms with Gasteiger partial charge >= 0.3 is 0 Å². The first-order chi connectivity index (χ1) is 8.38. The Balaban J connectivity index is 1.63. The molecule has 94 valence electrons. The standard InChI is InChI=1S/C14H21NO2/c16-11-12-5-7-14(8-6-12)17-10-2-4-13-3-1-9-15-13/h5-8,13,15-16H,1-4,9-11H2. The molecular formula is C14H21NO2. The molecule has 1 aromatic rings. The lowest BCUT2D eigenvalue weighted by atomic mass is 10.1. The molecule has 3 heteroatoms. The van der Waals surface area contributed by atoms with Crippen molar-refractivity contribution in [3.63, 3.8) is 0 Å². The van der Waals surface area contributed by atoms with Crippen molar-refractivity contribution < 1.29 is 9.84 Å². The van der Waals surface area contributed by atoms with Crippen LogP contribution in [0.15, 0.2) is 24.3 Å². The van der Waals surface area contributed by atoms with Crippen LogP contribution in [0, 0.1) is 0 Å². The van der Waals surface area contributed by atoms with Crippen LogP contribution in [-0.4, -0.2) is 24.3 Å². The smallest absolute Gasteiger partial charge is 0.119 e. The first-order valence-corrected chi connectivity index (χ1v) is 6.44. The van der Waals surface area contributed by atoms with Crippen molar-refractivity contribution in [1.29, 1.82) is 0 Å². The summed E-state index contributed by atoms with van der Waals surface area (Å²) >= 11 is 0. The van der Waals surface area contributed by atoms with Crippen LogP contribution in [-0.2, 0) is 6.61 Å². The quantitative estimate of drug-likeness (QED) is 0.742. The lowest BCUT2D eigenvalue weighted by Gasteiger charge is -2.10. The van der Waals surface area contributed by atoms with Gasteiger partial charge < -0.3 is 15.2 Å². The van der Waals surface area contributed by atoms with Crippen LogP contribution in [0.3, 0.4) is 0 Å². The number of nitrogens with one attached hydrogen (secondary N) is 1. The van der Waals surface area contributed by atoms with E-state index < -0.39 is 0 Å². The van der Waals surface area contributed by atoms with Crippen LogP contribution >= 0.6 is 0 Å². The third kappa shape index (κ3) is 4.02. The van der Waals surface area contributed by atoms with Crippen molar-refractivity contribution in [2.24, 2.45) is 0 Å². The molecule has 17 heavy (non-hydrogen) atoms. The fourth-order valence-electron chi connectivity index (χ4n) is 2.21. The van der Waals surface area contributed by atoms with Crippen LogP contribution in [0.5, 0.6) is 5.75 Å². The van der Waals surface area contributed by atoms with E-state index in [0.29, 0.717) is 6.04 Å². The monoisotopic (exact) mass is 235 g/mol. The van der Waals surface area contributed by atoms with Crippen LogP contribution in [0.1, 0.15) is 31.2 Å². The molecule has 3 nitrogen and oxygen atoms in total. The highest BCUT2D eigenvalue weighted by atomic mass is 16.5. The van der Waals surface area contributed by atoms with E-state index in [9.17, 15) is 0 Å². The number of ether oxygens (including phenoxy) is 1. The number of aliphatic hydroxyl groups is 1. The van der Waals surface area contributed by atoms with Crippen molar-refractivity contribution in [1.82, 2.24) is 5.32 Å². The van der Waals surface area contributed by atoms with Crippen LogP contribution in [0.25, 0.3) is 0 Å². The van der Waals surface area contributed by atoms with Gasteiger partial charge in [0.2, 0.25) is 0 Å². The van der Waals surface area contributed by atoms with E-state index in [0.717, 1.165) is 24.3 Å². The molecule has 0 radical (unpaired) electrons. The van der Waals surface area contributed by atoms with Crippen molar-refractivity contribution in [3.05, 3.63) is 29.8 Å². The number of hydrogen-bond donors (Lipinski definition) is 2. The molecule has 0 aromatic heterocycles. The highest BCUT2D eigenvalue weighted by Crippen LogP contribution is 2.14. The van der Waals surface area contributed by atoms with Crippen LogP contribution in [0.2, 0.25) is 0 Å². The molecule has 1 aliphatic heterocycles. The topological polar surface area (TPSA) is 41.5 Å². The Morgan fingerprint density at radius 1 is 1.29 bits per heavy atom. The van der Waals surface area contributed by atoms with Gasteiger partial charge in [0.25, 0.3) is 0 Å². The highest BCUT2D eigenvalue weighted by Gasteiger charge is 2.12. The molecule has 0 aliphatic carbocycles. The van der Waals surface area contributed by atoms with E-state index in [2.05, 4.69) is 5.32 Å². The molecule has 1 fully saturated rings. The second-order valence-corrected chi connectivity index (χ2v) is 4.59. The van der Waals surface area contributed by atoms with Crippen molar-refractivity contribution in [2.45, 2.75) is 38.3 Å².